The number of amides is 2. The zero-order valence-corrected chi connectivity index (χ0v) is 19.1. The zero-order chi connectivity index (χ0) is 22.5. The molecule has 0 radical (unpaired) electrons. The topological polar surface area (TPSA) is 99.8 Å². The standard InChI is InChI=1S/C21H22Cl3N5O2/c1-12(30)27-19-16(23)9-13(10-17(19)24)11-26-21(25)28-20(31)18-3-2-8-29(18)15-6-4-14(22)5-7-15/h4-7,9-10,18H,2-3,8,11H2,1H3,(H,27,30)(H3,25,26,28,31)/t18-/m0/s1. The van der Waals surface area contributed by atoms with Crippen molar-refractivity contribution in [2.45, 2.75) is 32.4 Å². The molecular formula is C21H22Cl3N5O2. The second-order valence-electron chi connectivity index (χ2n) is 7.13. The first kappa shape index (κ1) is 23.2. The molecule has 7 nitrogen and oxygen atoms in total. The number of aliphatic imine (C=N–C) groups is 1. The summed E-state index contributed by atoms with van der Waals surface area (Å²) in [5, 5.41) is 6.47. The third-order valence-electron chi connectivity index (χ3n) is 4.80. The van der Waals surface area contributed by atoms with Gasteiger partial charge in [0, 0.05) is 24.2 Å². The number of hydrogen-bond acceptors (Lipinski definition) is 4. The smallest absolute Gasteiger partial charge is 0.249 e. The minimum absolute atomic E-state index is 0.00568. The van der Waals surface area contributed by atoms with Crippen LogP contribution in [0.25, 0.3) is 0 Å². The molecule has 2 aromatic rings. The van der Waals surface area contributed by atoms with Crippen LogP contribution in [-0.4, -0.2) is 30.4 Å². The van der Waals surface area contributed by atoms with Gasteiger partial charge in [0.25, 0.3) is 0 Å². The van der Waals surface area contributed by atoms with Gasteiger partial charge in [-0.2, -0.15) is 0 Å². The van der Waals surface area contributed by atoms with Gasteiger partial charge in [-0.25, -0.2) is 4.99 Å². The molecule has 10 heteroatoms. The van der Waals surface area contributed by atoms with Crippen LogP contribution in [0, 0.1) is 0 Å². The normalized spacial score (nSPS) is 16.3. The number of rotatable bonds is 5. The van der Waals surface area contributed by atoms with Crippen molar-refractivity contribution < 1.29 is 9.59 Å². The van der Waals surface area contributed by atoms with E-state index in [1.54, 1.807) is 24.3 Å². The van der Waals surface area contributed by atoms with Gasteiger partial charge in [0.2, 0.25) is 11.8 Å². The zero-order valence-electron chi connectivity index (χ0n) is 16.8. The maximum atomic E-state index is 12.8. The van der Waals surface area contributed by atoms with Crippen molar-refractivity contribution in [2.75, 3.05) is 16.8 Å². The van der Waals surface area contributed by atoms with Gasteiger partial charge in [-0.05, 0) is 54.8 Å². The molecule has 1 aliphatic heterocycles. The summed E-state index contributed by atoms with van der Waals surface area (Å²) in [6, 6.07) is 10.3. The number of nitrogens with two attached hydrogens (primary N) is 1. The summed E-state index contributed by atoms with van der Waals surface area (Å²) in [6.45, 7) is 2.30. The Kier molecular flexibility index (Phi) is 7.64. The van der Waals surface area contributed by atoms with E-state index in [2.05, 4.69) is 15.6 Å². The van der Waals surface area contributed by atoms with Crippen molar-refractivity contribution in [1.82, 2.24) is 5.32 Å². The van der Waals surface area contributed by atoms with Crippen LogP contribution >= 0.6 is 34.8 Å². The Morgan fingerprint density at radius 2 is 1.81 bits per heavy atom. The summed E-state index contributed by atoms with van der Waals surface area (Å²) < 4.78 is 0. The lowest BCUT2D eigenvalue weighted by molar-refractivity contribution is -0.120. The lowest BCUT2D eigenvalue weighted by Gasteiger charge is -2.25. The van der Waals surface area contributed by atoms with Crippen molar-refractivity contribution in [3.8, 4) is 0 Å². The summed E-state index contributed by atoms with van der Waals surface area (Å²) in [6.07, 6.45) is 1.62. The molecule has 0 unspecified atom stereocenters. The Morgan fingerprint density at radius 1 is 1.16 bits per heavy atom. The number of benzene rings is 2. The van der Waals surface area contributed by atoms with Crippen LogP contribution in [-0.2, 0) is 16.1 Å². The van der Waals surface area contributed by atoms with E-state index in [1.807, 2.05) is 17.0 Å². The van der Waals surface area contributed by atoms with Crippen LogP contribution in [0.15, 0.2) is 41.4 Å². The van der Waals surface area contributed by atoms with E-state index in [9.17, 15) is 9.59 Å². The first-order valence-electron chi connectivity index (χ1n) is 9.63. The minimum Gasteiger partial charge on any atom is -0.370 e. The molecule has 31 heavy (non-hydrogen) atoms. The molecule has 0 aliphatic carbocycles. The third-order valence-corrected chi connectivity index (χ3v) is 5.65. The largest absolute Gasteiger partial charge is 0.370 e. The van der Waals surface area contributed by atoms with Crippen molar-refractivity contribution in [1.29, 1.82) is 0 Å². The van der Waals surface area contributed by atoms with Gasteiger partial charge in [-0.3, -0.25) is 14.9 Å². The minimum atomic E-state index is -0.337. The maximum absolute atomic E-state index is 12.8. The summed E-state index contributed by atoms with van der Waals surface area (Å²) >= 11 is 18.3. The van der Waals surface area contributed by atoms with Gasteiger partial charge < -0.3 is 16.0 Å². The van der Waals surface area contributed by atoms with E-state index in [1.165, 1.54) is 6.92 Å². The highest BCUT2D eigenvalue weighted by Gasteiger charge is 2.31. The number of nitrogens with one attached hydrogen (secondary N) is 2. The van der Waals surface area contributed by atoms with E-state index in [0.29, 0.717) is 26.3 Å². The number of halogens is 3. The van der Waals surface area contributed by atoms with Gasteiger partial charge in [0.15, 0.2) is 5.96 Å². The van der Waals surface area contributed by atoms with Gasteiger partial charge in [0.05, 0.1) is 22.3 Å². The molecule has 164 valence electrons. The number of guanidine groups is 1. The van der Waals surface area contributed by atoms with Gasteiger partial charge in [0.1, 0.15) is 6.04 Å². The van der Waals surface area contributed by atoms with Crippen LogP contribution in [0.4, 0.5) is 11.4 Å². The average Bonchev–Trinajstić information content (AvgIpc) is 3.19. The second kappa shape index (κ2) is 10.2. The van der Waals surface area contributed by atoms with E-state index in [4.69, 9.17) is 40.5 Å². The highest BCUT2D eigenvalue weighted by molar-refractivity contribution is 6.39. The molecule has 0 spiro atoms. The molecule has 1 atom stereocenters. The monoisotopic (exact) mass is 481 g/mol. The number of carbonyl (C=O) groups is 2. The van der Waals surface area contributed by atoms with Gasteiger partial charge in [-0.1, -0.05) is 34.8 Å². The highest BCUT2D eigenvalue weighted by atomic mass is 35.5. The molecule has 0 saturated carbocycles. The SMILES string of the molecule is CC(=O)Nc1c(Cl)cc(CN=C(N)NC(=O)[C@@H]2CCCN2c2ccc(Cl)cc2)cc1Cl. The van der Waals surface area contributed by atoms with E-state index >= 15 is 0 Å². The summed E-state index contributed by atoms with van der Waals surface area (Å²) in [7, 11) is 0. The number of hydrogen-bond donors (Lipinski definition) is 3. The van der Waals surface area contributed by atoms with Crippen LogP contribution in [0.2, 0.25) is 15.1 Å². The highest BCUT2D eigenvalue weighted by Crippen LogP contribution is 2.32. The van der Waals surface area contributed by atoms with Crippen molar-refractivity contribution in [3.63, 3.8) is 0 Å². The van der Waals surface area contributed by atoms with Crippen LogP contribution in [0.1, 0.15) is 25.3 Å². The molecule has 1 aliphatic rings. The number of carbonyl (C=O) groups excluding carboxylic acids is 2. The van der Waals surface area contributed by atoms with Gasteiger partial charge >= 0.3 is 0 Å². The fourth-order valence-corrected chi connectivity index (χ4v) is 4.17. The lowest BCUT2D eigenvalue weighted by Crippen LogP contribution is -2.48. The van der Waals surface area contributed by atoms with Crippen LogP contribution in [0.3, 0.4) is 0 Å². The fraction of sp³-hybridized carbons (Fsp3) is 0.286. The Hall–Kier alpha value is -2.48. The molecule has 0 aromatic heterocycles. The summed E-state index contributed by atoms with van der Waals surface area (Å²) in [5.41, 5.74) is 7.88. The van der Waals surface area contributed by atoms with Crippen LogP contribution in [0.5, 0.6) is 0 Å². The fourth-order valence-electron chi connectivity index (χ4n) is 3.42. The Labute approximate surface area is 195 Å². The number of anilines is 2. The Morgan fingerprint density at radius 3 is 2.42 bits per heavy atom. The Balaban J connectivity index is 1.64. The molecule has 0 bridgehead atoms. The molecule has 3 rings (SSSR count). The van der Waals surface area contributed by atoms with Crippen molar-refractivity contribution in [2.24, 2.45) is 10.7 Å². The third kappa shape index (κ3) is 6.03. The first-order valence-corrected chi connectivity index (χ1v) is 10.8. The molecule has 1 fully saturated rings. The summed E-state index contributed by atoms with van der Waals surface area (Å²) in [5.74, 6) is -0.488. The molecule has 2 amide bonds. The quantitative estimate of drug-likeness (QED) is 0.439. The molecule has 1 saturated heterocycles. The van der Waals surface area contributed by atoms with E-state index in [0.717, 1.165) is 25.1 Å². The van der Waals surface area contributed by atoms with Crippen LogP contribution < -0.4 is 21.3 Å². The molecule has 2 aromatic carbocycles. The predicted octanol–water partition coefficient (Wildman–Crippen LogP) is 4.21. The second-order valence-corrected chi connectivity index (χ2v) is 8.39. The van der Waals surface area contributed by atoms with E-state index < -0.39 is 0 Å². The maximum Gasteiger partial charge on any atom is 0.249 e. The lowest BCUT2D eigenvalue weighted by atomic mass is 10.2. The first-order chi connectivity index (χ1) is 14.7. The van der Waals surface area contributed by atoms with Gasteiger partial charge in [-0.15, -0.1) is 0 Å². The average molecular weight is 483 g/mol. The Bertz CT molecular complexity index is 988. The van der Waals surface area contributed by atoms with Crippen molar-refractivity contribution >= 4 is 64.0 Å². The molecule has 1 heterocycles. The van der Waals surface area contributed by atoms with E-state index in [-0.39, 0.29) is 30.4 Å². The molecule has 4 N–H and O–H groups in total. The molecular weight excluding hydrogens is 461 g/mol. The van der Waals surface area contributed by atoms with Crippen molar-refractivity contribution in [3.05, 3.63) is 57.0 Å². The summed E-state index contributed by atoms with van der Waals surface area (Å²) in [4.78, 5) is 30.2. The number of nitrogens with zero attached hydrogens (tertiary/aromatic N) is 2. The predicted molar refractivity (Wildman–Crippen MR) is 126 cm³/mol.